The number of H-pyrrole nitrogens is 1. The van der Waals surface area contributed by atoms with E-state index < -0.39 is 12.3 Å². The summed E-state index contributed by atoms with van der Waals surface area (Å²) >= 11 is 0. The van der Waals surface area contributed by atoms with Gasteiger partial charge in [0.25, 0.3) is 0 Å². The van der Waals surface area contributed by atoms with Crippen LogP contribution in [0.4, 0.5) is 21.7 Å². The van der Waals surface area contributed by atoms with E-state index >= 15 is 0 Å². The highest BCUT2D eigenvalue weighted by Gasteiger charge is 2.33. The van der Waals surface area contributed by atoms with Gasteiger partial charge in [0.05, 0.1) is 25.1 Å². The summed E-state index contributed by atoms with van der Waals surface area (Å²) < 4.78 is 26.1. The third-order valence-corrected chi connectivity index (χ3v) is 6.11. The fourth-order valence-corrected chi connectivity index (χ4v) is 4.24. The maximum absolute atomic E-state index is 14.7. The number of aromatic amines is 1. The number of nitrogens with zero attached hydrogens (tertiary/aromatic N) is 4. The number of hydrogen-bond acceptors (Lipinski definition) is 7. The molecule has 2 fully saturated rings. The van der Waals surface area contributed by atoms with Crippen LogP contribution in [0.5, 0.6) is 5.88 Å². The topological polar surface area (TPSA) is 95.6 Å². The fraction of sp³-hybridized carbons (Fsp3) is 0.375. The fourth-order valence-electron chi connectivity index (χ4n) is 4.24. The molecule has 9 nitrogen and oxygen atoms in total. The van der Waals surface area contributed by atoms with E-state index in [2.05, 4.69) is 31.7 Å². The van der Waals surface area contributed by atoms with Gasteiger partial charge in [-0.1, -0.05) is 6.58 Å². The molecule has 4 heterocycles. The Morgan fingerprint density at radius 3 is 2.79 bits per heavy atom. The molecule has 2 saturated heterocycles. The van der Waals surface area contributed by atoms with Crippen LogP contribution in [-0.4, -0.2) is 77.4 Å². The van der Waals surface area contributed by atoms with Gasteiger partial charge in [-0.2, -0.15) is 9.97 Å². The Bertz CT molecular complexity index is 1170. The number of rotatable bonds is 6. The van der Waals surface area contributed by atoms with Crippen molar-refractivity contribution in [3.8, 4) is 5.88 Å². The third kappa shape index (κ3) is 4.67. The lowest BCUT2D eigenvalue weighted by molar-refractivity contribution is -0.130. The molecule has 1 aromatic carbocycles. The average molecular weight is 471 g/mol. The number of carbonyl (C=O) groups is 1. The molecule has 3 aromatic rings. The zero-order valence-corrected chi connectivity index (χ0v) is 18.7. The second kappa shape index (κ2) is 9.68. The smallest absolute Gasteiger partial charge is 0.246 e. The van der Waals surface area contributed by atoms with Crippen LogP contribution < -0.4 is 15.0 Å². The Morgan fingerprint density at radius 2 is 2.03 bits per heavy atom. The summed E-state index contributed by atoms with van der Waals surface area (Å²) in [5, 5.41) is 3.85. The van der Waals surface area contributed by atoms with Gasteiger partial charge in [-0.3, -0.25) is 4.79 Å². The number of ether oxygens (including phenoxy) is 2. The summed E-state index contributed by atoms with van der Waals surface area (Å²) in [5.41, 5.74) is 2.52. The molecule has 1 amide bonds. The Labute approximate surface area is 199 Å². The lowest BCUT2D eigenvalue weighted by Gasteiger charge is -2.34. The molecule has 0 radical (unpaired) electrons. The number of hydrogen-bond donors (Lipinski definition) is 2. The molecule has 2 atom stereocenters. The lowest BCUT2D eigenvalue weighted by atomic mass is 10.1. The summed E-state index contributed by atoms with van der Waals surface area (Å²) in [6.07, 6.45) is 1.13. The van der Waals surface area contributed by atoms with E-state index in [1.54, 1.807) is 17.2 Å². The molecule has 10 heteroatoms. The van der Waals surface area contributed by atoms with Crippen molar-refractivity contribution in [1.29, 1.82) is 0 Å². The van der Waals surface area contributed by atoms with Crippen molar-refractivity contribution in [3.05, 3.63) is 49.2 Å². The monoisotopic (exact) mass is 470 g/mol. The van der Waals surface area contributed by atoms with Crippen LogP contribution >= 0.6 is 0 Å². The normalized spacial score (nSPS) is 20.9. The van der Waals surface area contributed by atoms with Crippen LogP contribution in [0.2, 0.25) is 0 Å². The largest absolute Gasteiger partial charge is 0.469 e. The number of amides is 1. The Hall–Kier alpha value is -3.66. The number of aromatic nitrogens is 3. The highest BCUT2D eigenvalue weighted by atomic mass is 19.1. The van der Waals surface area contributed by atoms with Crippen molar-refractivity contribution in [2.45, 2.75) is 18.7 Å². The molecule has 5 rings (SSSR count). The van der Waals surface area contributed by atoms with Crippen molar-refractivity contribution in [1.82, 2.24) is 19.9 Å². The summed E-state index contributed by atoms with van der Waals surface area (Å²) in [7, 11) is 0. The highest BCUT2D eigenvalue weighted by Crippen LogP contribution is 2.29. The van der Waals surface area contributed by atoms with E-state index in [0.717, 1.165) is 37.7 Å². The van der Waals surface area contributed by atoms with Gasteiger partial charge in [-0.05, 0) is 42.8 Å². The second-order valence-electron chi connectivity index (χ2n) is 8.31. The number of halogens is 1. The highest BCUT2D eigenvalue weighted by molar-refractivity contribution is 5.87. The van der Waals surface area contributed by atoms with E-state index in [-0.39, 0.29) is 27.6 Å². The molecule has 2 aromatic heterocycles. The van der Waals surface area contributed by atoms with Gasteiger partial charge in [0.15, 0.2) is 0 Å². The Kier molecular flexibility index (Phi) is 6.31. The van der Waals surface area contributed by atoms with Crippen molar-refractivity contribution in [2.75, 3.05) is 49.6 Å². The van der Waals surface area contributed by atoms with Gasteiger partial charge in [0.2, 0.25) is 17.7 Å². The minimum atomic E-state index is -1.21. The summed E-state index contributed by atoms with van der Waals surface area (Å²) in [5.74, 6) is 0.353. The number of fused-ring (bicyclic) bond motifs is 1. The van der Waals surface area contributed by atoms with Crippen LogP contribution in [0.25, 0.3) is 11.0 Å². The summed E-state index contributed by atoms with van der Waals surface area (Å²) in [6.45, 7) is 7.18. The first-order valence-corrected chi connectivity index (χ1v) is 11.4. The van der Waals surface area contributed by atoms with Gasteiger partial charge in [0.1, 0.15) is 17.9 Å². The van der Waals surface area contributed by atoms with Gasteiger partial charge < -0.3 is 29.6 Å². The quantitative estimate of drug-likeness (QED) is 0.532. The number of alkyl halides is 1. The first kappa shape index (κ1) is 22.1. The SMILES string of the molecule is C=CC(=O)N1CC[C@H](F)[C@H](Oc2nc(Nc3ccc(N4CCOCC4)cc3)nc3[nH]ccc23)C1.[HH].[HH]. The molecule has 2 N–H and O–H groups in total. The second-order valence-corrected chi connectivity index (χ2v) is 8.31. The lowest BCUT2D eigenvalue weighted by Crippen LogP contribution is -2.49. The minimum Gasteiger partial charge on any atom is -0.469 e. The molecule has 0 unspecified atom stereocenters. The Balaban J connectivity index is 0.00000180. The molecular formula is C24H31FN6O3. The standard InChI is InChI=1S/C24H27FN6O3.2H2/c1-2-21(32)31-10-8-19(25)20(15-31)34-23-18-7-9-26-22(18)28-24(29-23)27-16-3-5-17(6-4-16)30-11-13-33-14-12-30;;/h2-7,9,19-20H,1,8,10-15H2,(H2,26,27,28,29);2*1H/t19-,20+;;/m0../s1. The Morgan fingerprint density at radius 1 is 1.24 bits per heavy atom. The van der Waals surface area contributed by atoms with Gasteiger partial charge in [0, 0.05) is 40.1 Å². The van der Waals surface area contributed by atoms with Crippen LogP contribution in [0.3, 0.4) is 0 Å². The van der Waals surface area contributed by atoms with Crippen molar-refractivity contribution in [3.63, 3.8) is 0 Å². The number of benzene rings is 1. The molecule has 2 aliphatic rings. The van der Waals surface area contributed by atoms with E-state index in [0.29, 0.717) is 23.5 Å². The third-order valence-electron chi connectivity index (χ3n) is 6.11. The molecule has 2 aliphatic heterocycles. The van der Waals surface area contributed by atoms with Gasteiger partial charge in [-0.25, -0.2) is 4.39 Å². The molecule has 34 heavy (non-hydrogen) atoms. The average Bonchev–Trinajstić information content (AvgIpc) is 3.35. The van der Waals surface area contributed by atoms with Crippen LogP contribution in [0.15, 0.2) is 49.2 Å². The maximum atomic E-state index is 14.7. The van der Waals surface area contributed by atoms with Crippen molar-refractivity contribution in [2.24, 2.45) is 0 Å². The van der Waals surface area contributed by atoms with Gasteiger partial charge in [-0.15, -0.1) is 0 Å². The van der Waals surface area contributed by atoms with E-state index in [9.17, 15) is 9.18 Å². The van der Waals surface area contributed by atoms with E-state index in [1.165, 1.54) is 6.08 Å². The number of nitrogens with one attached hydrogen (secondary N) is 2. The summed E-state index contributed by atoms with van der Waals surface area (Å²) in [4.78, 5) is 27.9. The number of morpholine rings is 1. The van der Waals surface area contributed by atoms with Crippen molar-refractivity contribution < 1.29 is 21.5 Å². The van der Waals surface area contributed by atoms with Crippen LogP contribution in [0.1, 0.15) is 9.27 Å². The number of likely N-dealkylation sites (tertiary alicyclic amines) is 1. The first-order chi connectivity index (χ1) is 16.6. The van der Waals surface area contributed by atoms with Gasteiger partial charge >= 0.3 is 0 Å². The van der Waals surface area contributed by atoms with Crippen LogP contribution in [-0.2, 0) is 9.53 Å². The number of carbonyl (C=O) groups excluding carboxylic acids is 1. The maximum Gasteiger partial charge on any atom is 0.246 e. The minimum absolute atomic E-state index is 0. The molecule has 182 valence electrons. The summed E-state index contributed by atoms with van der Waals surface area (Å²) in [6, 6.07) is 9.79. The zero-order chi connectivity index (χ0) is 23.5. The van der Waals surface area contributed by atoms with Crippen LogP contribution in [0, 0.1) is 0 Å². The molecule has 0 spiro atoms. The van der Waals surface area contributed by atoms with Crippen molar-refractivity contribution >= 4 is 34.3 Å². The zero-order valence-electron chi connectivity index (χ0n) is 18.7. The van der Waals surface area contributed by atoms with E-state index in [1.807, 2.05) is 24.3 Å². The molecule has 0 aliphatic carbocycles. The van der Waals surface area contributed by atoms with E-state index in [4.69, 9.17) is 9.47 Å². The number of anilines is 3. The molecular weight excluding hydrogens is 439 g/mol. The molecule has 0 bridgehead atoms. The predicted molar refractivity (Wildman–Crippen MR) is 132 cm³/mol. The number of piperidine rings is 1. The first-order valence-electron chi connectivity index (χ1n) is 11.4. The predicted octanol–water partition coefficient (Wildman–Crippen LogP) is 3.53. The molecule has 0 saturated carbocycles.